The van der Waals surface area contributed by atoms with Gasteiger partial charge in [0.15, 0.2) is 0 Å². The van der Waals surface area contributed by atoms with Crippen molar-refractivity contribution in [1.82, 2.24) is 4.31 Å². The molecule has 0 bridgehead atoms. The molecule has 1 atom stereocenters. The highest BCUT2D eigenvalue weighted by atomic mass is 32.2. The summed E-state index contributed by atoms with van der Waals surface area (Å²) in [6.45, 7) is 2.75. The number of morpholine rings is 1. The summed E-state index contributed by atoms with van der Waals surface area (Å²) in [6.07, 6.45) is -0.147. The number of thiophene rings is 1. The number of nitrogens with zero attached hydrogens (tertiary/aromatic N) is 1. The number of sulfonamides is 1. The van der Waals surface area contributed by atoms with Gasteiger partial charge in [-0.25, -0.2) is 13.2 Å². The zero-order valence-electron chi connectivity index (χ0n) is 9.70. The fourth-order valence-corrected chi connectivity index (χ4v) is 4.32. The molecule has 8 heteroatoms. The molecule has 1 saturated heterocycles. The molecule has 1 fully saturated rings. The van der Waals surface area contributed by atoms with Gasteiger partial charge >= 0.3 is 5.97 Å². The third kappa shape index (κ3) is 2.56. The smallest absolute Gasteiger partial charge is 0.345 e. The fraction of sp³-hybridized carbons (Fsp3) is 0.500. The lowest BCUT2D eigenvalue weighted by Crippen LogP contribution is -2.44. The van der Waals surface area contributed by atoms with Gasteiger partial charge in [-0.15, -0.1) is 11.3 Å². The van der Waals surface area contributed by atoms with Gasteiger partial charge in [0.1, 0.15) is 4.88 Å². The molecule has 1 aromatic heterocycles. The van der Waals surface area contributed by atoms with E-state index in [1.54, 1.807) is 6.92 Å². The van der Waals surface area contributed by atoms with E-state index in [0.717, 1.165) is 11.3 Å². The largest absolute Gasteiger partial charge is 0.477 e. The maximum absolute atomic E-state index is 12.3. The van der Waals surface area contributed by atoms with Gasteiger partial charge in [-0.05, 0) is 13.0 Å². The Bertz CT molecular complexity index is 550. The number of ether oxygens (including phenoxy) is 1. The van der Waals surface area contributed by atoms with Gasteiger partial charge in [0.2, 0.25) is 10.0 Å². The van der Waals surface area contributed by atoms with Gasteiger partial charge in [0, 0.05) is 18.5 Å². The first-order valence-electron chi connectivity index (χ1n) is 5.35. The lowest BCUT2D eigenvalue weighted by Gasteiger charge is -2.29. The minimum absolute atomic E-state index is 0.0230. The van der Waals surface area contributed by atoms with Crippen molar-refractivity contribution >= 4 is 27.3 Å². The molecule has 1 unspecified atom stereocenters. The van der Waals surface area contributed by atoms with Crippen molar-refractivity contribution in [3.63, 3.8) is 0 Å². The summed E-state index contributed by atoms with van der Waals surface area (Å²) in [6, 6.07) is 1.20. The minimum Gasteiger partial charge on any atom is -0.477 e. The van der Waals surface area contributed by atoms with E-state index in [2.05, 4.69) is 0 Å². The van der Waals surface area contributed by atoms with Crippen molar-refractivity contribution in [2.24, 2.45) is 0 Å². The predicted molar refractivity (Wildman–Crippen MR) is 65.5 cm³/mol. The molecular formula is C10H13NO5S2. The van der Waals surface area contributed by atoms with Gasteiger partial charge in [-0.3, -0.25) is 0 Å². The van der Waals surface area contributed by atoms with Gasteiger partial charge in [-0.2, -0.15) is 4.31 Å². The maximum Gasteiger partial charge on any atom is 0.345 e. The Morgan fingerprint density at radius 2 is 2.33 bits per heavy atom. The highest BCUT2D eigenvalue weighted by Gasteiger charge is 2.30. The summed E-state index contributed by atoms with van der Waals surface area (Å²) >= 11 is 0.913. The van der Waals surface area contributed by atoms with Crippen LogP contribution in [0.4, 0.5) is 0 Å². The molecule has 100 valence electrons. The number of aromatic carboxylic acids is 1. The van der Waals surface area contributed by atoms with Crippen LogP contribution in [-0.2, 0) is 14.8 Å². The Kier molecular flexibility index (Phi) is 3.71. The number of carboxylic acids is 1. The monoisotopic (exact) mass is 291 g/mol. The molecule has 0 spiro atoms. The molecule has 6 nitrogen and oxygen atoms in total. The molecular weight excluding hydrogens is 278 g/mol. The van der Waals surface area contributed by atoms with Gasteiger partial charge in [0.25, 0.3) is 0 Å². The summed E-state index contributed by atoms with van der Waals surface area (Å²) in [7, 11) is -3.61. The van der Waals surface area contributed by atoms with Crippen LogP contribution in [0.15, 0.2) is 16.3 Å². The Hall–Kier alpha value is -0.960. The van der Waals surface area contributed by atoms with Crippen molar-refractivity contribution in [2.45, 2.75) is 17.9 Å². The molecule has 0 aliphatic carbocycles. The Morgan fingerprint density at radius 3 is 2.89 bits per heavy atom. The number of carboxylic acid groups (broad SMARTS) is 1. The normalized spacial score (nSPS) is 21.9. The molecule has 0 aromatic carbocycles. The third-order valence-electron chi connectivity index (χ3n) is 2.63. The molecule has 1 aliphatic rings. The lowest BCUT2D eigenvalue weighted by atomic mass is 10.3. The second-order valence-electron chi connectivity index (χ2n) is 4.00. The summed E-state index contributed by atoms with van der Waals surface area (Å²) in [5.41, 5.74) is 0. The SMILES string of the molecule is CC1CN(S(=O)(=O)c2csc(C(=O)O)c2)CCO1. The van der Waals surface area contributed by atoms with E-state index >= 15 is 0 Å². The van der Waals surface area contributed by atoms with Gasteiger partial charge in [-0.1, -0.05) is 0 Å². The van der Waals surface area contributed by atoms with Crippen molar-refractivity contribution in [2.75, 3.05) is 19.7 Å². The van der Waals surface area contributed by atoms with E-state index in [9.17, 15) is 13.2 Å². The quantitative estimate of drug-likeness (QED) is 0.892. The first-order chi connectivity index (χ1) is 8.41. The average molecular weight is 291 g/mol. The zero-order valence-corrected chi connectivity index (χ0v) is 11.3. The van der Waals surface area contributed by atoms with E-state index in [1.165, 1.54) is 15.8 Å². The second kappa shape index (κ2) is 4.96. The second-order valence-corrected chi connectivity index (χ2v) is 6.85. The Morgan fingerprint density at radius 1 is 1.61 bits per heavy atom. The van der Waals surface area contributed by atoms with Crippen LogP contribution in [0.5, 0.6) is 0 Å². The van der Waals surface area contributed by atoms with Crippen molar-refractivity contribution in [1.29, 1.82) is 0 Å². The van der Waals surface area contributed by atoms with Crippen LogP contribution in [0.3, 0.4) is 0 Å². The minimum atomic E-state index is -3.61. The van der Waals surface area contributed by atoms with Crippen molar-refractivity contribution < 1.29 is 23.1 Å². The average Bonchev–Trinajstić information content (AvgIpc) is 2.79. The van der Waals surface area contributed by atoms with Crippen molar-refractivity contribution in [3.8, 4) is 0 Å². The molecule has 18 heavy (non-hydrogen) atoms. The number of hydrogen-bond donors (Lipinski definition) is 1. The summed E-state index contributed by atoms with van der Waals surface area (Å²) in [5, 5.41) is 10.2. The highest BCUT2D eigenvalue weighted by Crippen LogP contribution is 2.24. The van der Waals surface area contributed by atoms with E-state index in [4.69, 9.17) is 9.84 Å². The number of hydrogen-bond acceptors (Lipinski definition) is 5. The van der Waals surface area contributed by atoms with Crippen LogP contribution in [0.2, 0.25) is 0 Å². The molecule has 1 N–H and O–H groups in total. The van der Waals surface area contributed by atoms with E-state index in [-0.39, 0.29) is 15.9 Å². The lowest BCUT2D eigenvalue weighted by molar-refractivity contribution is 0.0102. The number of rotatable bonds is 3. The molecule has 2 rings (SSSR count). The first kappa shape index (κ1) is 13.5. The first-order valence-corrected chi connectivity index (χ1v) is 7.67. The topological polar surface area (TPSA) is 83.9 Å². The van der Waals surface area contributed by atoms with Crippen LogP contribution in [0, 0.1) is 0 Å². The predicted octanol–water partition coefficient (Wildman–Crippen LogP) is 0.856. The molecule has 0 amide bonds. The summed E-state index contributed by atoms with van der Waals surface area (Å²) < 4.78 is 31.1. The zero-order chi connectivity index (χ0) is 13.3. The van der Waals surface area contributed by atoms with Crippen LogP contribution in [-0.4, -0.2) is 49.6 Å². The van der Waals surface area contributed by atoms with Crippen LogP contribution in [0.25, 0.3) is 0 Å². The summed E-state index contributed by atoms with van der Waals surface area (Å²) in [4.78, 5) is 10.8. The molecule has 1 aromatic rings. The maximum atomic E-state index is 12.3. The fourth-order valence-electron chi connectivity index (χ4n) is 1.72. The summed E-state index contributed by atoms with van der Waals surface area (Å²) in [5.74, 6) is -1.11. The Labute approximate surface area is 109 Å². The van der Waals surface area contributed by atoms with Crippen molar-refractivity contribution in [3.05, 3.63) is 16.3 Å². The van der Waals surface area contributed by atoms with Gasteiger partial charge < -0.3 is 9.84 Å². The Balaban J connectivity index is 2.26. The van der Waals surface area contributed by atoms with Crippen LogP contribution < -0.4 is 0 Å². The molecule has 0 saturated carbocycles. The van der Waals surface area contributed by atoms with E-state index < -0.39 is 16.0 Å². The van der Waals surface area contributed by atoms with Gasteiger partial charge in [0.05, 0.1) is 17.6 Å². The molecule has 2 heterocycles. The highest BCUT2D eigenvalue weighted by molar-refractivity contribution is 7.89. The van der Waals surface area contributed by atoms with Crippen LogP contribution in [0.1, 0.15) is 16.6 Å². The molecule has 1 aliphatic heterocycles. The standard InChI is InChI=1S/C10H13NO5S2/c1-7-5-11(2-3-16-7)18(14,15)8-4-9(10(12)13)17-6-8/h4,6-7H,2-3,5H2,1H3,(H,12,13). The number of carbonyl (C=O) groups is 1. The van der Waals surface area contributed by atoms with Crippen LogP contribution >= 0.6 is 11.3 Å². The molecule has 0 radical (unpaired) electrons. The van der Waals surface area contributed by atoms with E-state index in [1.807, 2.05) is 0 Å². The third-order valence-corrected chi connectivity index (χ3v) is 5.54. The van der Waals surface area contributed by atoms with E-state index in [0.29, 0.717) is 19.7 Å².